The molecule has 0 aromatic heterocycles. The van der Waals surface area contributed by atoms with Gasteiger partial charge in [-0.3, -0.25) is 4.79 Å². The number of carbonyl (C=O) groups is 1. The number of nitrogens with one attached hydrogen (secondary N) is 3. The van der Waals surface area contributed by atoms with Crippen LogP contribution in [0, 0.1) is 17.5 Å². The second-order valence-corrected chi connectivity index (χ2v) is 5.37. The zero-order valence-corrected chi connectivity index (χ0v) is 13.7. The highest BCUT2D eigenvalue weighted by Crippen LogP contribution is 2.19. The average molecular weight is 348 g/mol. The molecule has 0 spiro atoms. The fraction of sp³-hybridized carbons (Fsp3) is 0.429. The fourth-order valence-electron chi connectivity index (χ4n) is 1.58. The third kappa shape index (κ3) is 6.39. The molecule has 0 saturated heterocycles. The number of nitrogens with zero attached hydrogens (tertiary/aromatic N) is 1. The Morgan fingerprint density at radius 2 is 1.96 bits per heavy atom. The van der Waals surface area contributed by atoms with Crippen LogP contribution in [0.4, 0.5) is 18.9 Å². The van der Waals surface area contributed by atoms with E-state index in [-0.39, 0.29) is 6.54 Å². The molecular formula is C14H19F3N4OS. The van der Waals surface area contributed by atoms with Crippen molar-refractivity contribution in [3.8, 4) is 0 Å². The predicted molar refractivity (Wildman–Crippen MR) is 87.3 cm³/mol. The molecule has 128 valence electrons. The maximum atomic E-state index is 13.5. The molecule has 0 saturated carbocycles. The van der Waals surface area contributed by atoms with Crippen LogP contribution in [0.2, 0.25) is 0 Å². The summed E-state index contributed by atoms with van der Waals surface area (Å²) in [5.74, 6) is -3.70. The van der Waals surface area contributed by atoms with Crippen LogP contribution in [-0.4, -0.2) is 43.5 Å². The lowest BCUT2D eigenvalue weighted by Gasteiger charge is -2.11. The van der Waals surface area contributed by atoms with Gasteiger partial charge in [0.05, 0.1) is 5.69 Å². The first-order chi connectivity index (χ1) is 11.0. The monoisotopic (exact) mass is 348 g/mol. The topological polar surface area (TPSA) is 65.5 Å². The van der Waals surface area contributed by atoms with Gasteiger partial charge >= 0.3 is 0 Å². The van der Waals surface area contributed by atoms with E-state index in [0.29, 0.717) is 19.0 Å². The number of rotatable bonds is 7. The second kappa shape index (κ2) is 9.98. The third-order valence-corrected chi connectivity index (χ3v) is 3.25. The van der Waals surface area contributed by atoms with E-state index in [1.54, 1.807) is 11.8 Å². The molecule has 1 aromatic carbocycles. The van der Waals surface area contributed by atoms with Crippen molar-refractivity contribution in [2.75, 3.05) is 37.0 Å². The van der Waals surface area contributed by atoms with E-state index >= 15 is 0 Å². The lowest BCUT2D eigenvalue weighted by Crippen LogP contribution is -2.39. The van der Waals surface area contributed by atoms with Crippen LogP contribution in [0.1, 0.15) is 6.92 Å². The van der Waals surface area contributed by atoms with Crippen LogP contribution in [0.25, 0.3) is 0 Å². The summed E-state index contributed by atoms with van der Waals surface area (Å²) in [6.45, 7) is 2.88. The molecule has 23 heavy (non-hydrogen) atoms. The molecule has 0 unspecified atom stereocenters. The summed E-state index contributed by atoms with van der Waals surface area (Å²) in [6.07, 6.45) is 1.97. The Labute approximate surface area is 137 Å². The van der Waals surface area contributed by atoms with Gasteiger partial charge in [-0.05, 0) is 25.3 Å². The minimum atomic E-state index is -1.63. The normalized spacial score (nSPS) is 11.3. The number of thioether (sulfide) groups is 1. The van der Waals surface area contributed by atoms with Crippen molar-refractivity contribution in [2.24, 2.45) is 4.99 Å². The Hall–Kier alpha value is -1.90. The molecule has 1 rings (SSSR count). The number of benzene rings is 1. The maximum absolute atomic E-state index is 13.5. The van der Waals surface area contributed by atoms with Crippen molar-refractivity contribution >= 4 is 29.3 Å². The Morgan fingerprint density at radius 1 is 1.22 bits per heavy atom. The van der Waals surface area contributed by atoms with E-state index in [1.807, 2.05) is 13.2 Å². The first-order valence-electron chi connectivity index (χ1n) is 6.94. The van der Waals surface area contributed by atoms with Crippen molar-refractivity contribution in [1.82, 2.24) is 10.6 Å². The molecule has 0 aliphatic carbocycles. The van der Waals surface area contributed by atoms with Crippen LogP contribution < -0.4 is 16.0 Å². The molecule has 0 fully saturated rings. The van der Waals surface area contributed by atoms with Crippen LogP contribution in [0.5, 0.6) is 0 Å². The minimum absolute atomic E-state index is 0.285. The Kier molecular flexibility index (Phi) is 8.31. The SMILES string of the molecule is CCNC(=NCC(=O)Nc1ccc(F)c(F)c1F)NCCSC. The zero-order chi connectivity index (χ0) is 17.2. The van der Waals surface area contributed by atoms with E-state index in [0.717, 1.165) is 17.9 Å². The van der Waals surface area contributed by atoms with Gasteiger partial charge in [-0.2, -0.15) is 11.8 Å². The van der Waals surface area contributed by atoms with Gasteiger partial charge in [0, 0.05) is 18.8 Å². The van der Waals surface area contributed by atoms with Gasteiger partial charge in [0.1, 0.15) is 6.54 Å². The molecular weight excluding hydrogens is 329 g/mol. The summed E-state index contributed by atoms with van der Waals surface area (Å²) in [5.41, 5.74) is -0.426. The highest BCUT2D eigenvalue weighted by Gasteiger charge is 2.15. The van der Waals surface area contributed by atoms with Gasteiger partial charge in [0.25, 0.3) is 0 Å². The first kappa shape index (κ1) is 19.1. The van der Waals surface area contributed by atoms with E-state index < -0.39 is 29.0 Å². The number of halogens is 3. The number of amides is 1. The fourth-order valence-corrected chi connectivity index (χ4v) is 1.88. The standard InChI is InChI=1S/C14H19F3N4OS/c1-3-18-14(19-6-7-23-2)20-8-11(22)21-10-5-4-9(15)12(16)13(10)17/h4-5H,3,6-8H2,1-2H3,(H,21,22)(H2,18,19,20). The van der Waals surface area contributed by atoms with E-state index in [1.165, 1.54) is 0 Å². The molecule has 0 atom stereocenters. The average Bonchev–Trinajstić information content (AvgIpc) is 2.53. The molecule has 0 radical (unpaired) electrons. The maximum Gasteiger partial charge on any atom is 0.246 e. The van der Waals surface area contributed by atoms with Crippen molar-refractivity contribution in [3.63, 3.8) is 0 Å². The molecule has 0 bridgehead atoms. The van der Waals surface area contributed by atoms with E-state index in [9.17, 15) is 18.0 Å². The molecule has 9 heteroatoms. The van der Waals surface area contributed by atoms with Gasteiger partial charge in [0.15, 0.2) is 23.4 Å². The van der Waals surface area contributed by atoms with Gasteiger partial charge in [-0.1, -0.05) is 0 Å². The van der Waals surface area contributed by atoms with Crippen molar-refractivity contribution in [3.05, 3.63) is 29.6 Å². The number of aliphatic imine (C=N–C) groups is 1. The lowest BCUT2D eigenvalue weighted by molar-refractivity contribution is -0.114. The van der Waals surface area contributed by atoms with Crippen LogP contribution in [-0.2, 0) is 4.79 Å². The first-order valence-corrected chi connectivity index (χ1v) is 8.33. The highest BCUT2D eigenvalue weighted by atomic mass is 32.2. The molecule has 0 aliphatic rings. The van der Waals surface area contributed by atoms with E-state index in [2.05, 4.69) is 20.9 Å². The van der Waals surface area contributed by atoms with Crippen molar-refractivity contribution in [2.45, 2.75) is 6.92 Å². The molecule has 0 heterocycles. The van der Waals surface area contributed by atoms with Crippen molar-refractivity contribution in [1.29, 1.82) is 0 Å². The molecule has 0 aliphatic heterocycles. The number of anilines is 1. The second-order valence-electron chi connectivity index (χ2n) is 4.39. The summed E-state index contributed by atoms with van der Waals surface area (Å²) in [4.78, 5) is 15.8. The smallest absolute Gasteiger partial charge is 0.246 e. The Balaban J connectivity index is 2.63. The quantitative estimate of drug-likeness (QED) is 0.305. The Morgan fingerprint density at radius 3 is 2.61 bits per heavy atom. The van der Waals surface area contributed by atoms with Gasteiger partial charge in [-0.25, -0.2) is 18.2 Å². The van der Waals surface area contributed by atoms with Gasteiger partial charge in [0.2, 0.25) is 5.91 Å². The highest BCUT2D eigenvalue weighted by molar-refractivity contribution is 7.98. The molecule has 5 nitrogen and oxygen atoms in total. The van der Waals surface area contributed by atoms with Crippen LogP contribution >= 0.6 is 11.8 Å². The predicted octanol–water partition coefficient (Wildman–Crippen LogP) is 1.96. The molecule has 1 amide bonds. The summed E-state index contributed by atoms with van der Waals surface area (Å²) in [6, 6.07) is 1.70. The number of carbonyl (C=O) groups excluding carboxylic acids is 1. The third-order valence-electron chi connectivity index (χ3n) is 2.63. The van der Waals surface area contributed by atoms with Gasteiger partial charge < -0.3 is 16.0 Å². The lowest BCUT2D eigenvalue weighted by atomic mass is 10.3. The van der Waals surface area contributed by atoms with Crippen molar-refractivity contribution < 1.29 is 18.0 Å². The molecule has 3 N–H and O–H groups in total. The molecule has 1 aromatic rings. The number of guanidine groups is 1. The van der Waals surface area contributed by atoms with Crippen LogP contribution in [0.3, 0.4) is 0 Å². The van der Waals surface area contributed by atoms with Crippen LogP contribution in [0.15, 0.2) is 17.1 Å². The largest absolute Gasteiger partial charge is 0.357 e. The Bertz CT molecular complexity index is 569. The summed E-state index contributed by atoms with van der Waals surface area (Å²) in [7, 11) is 0. The van der Waals surface area contributed by atoms with Gasteiger partial charge in [-0.15, -0.1) is 0 Å². The zero-order valence-electron chi connectivity index (χ0n) is 12.9. The summed E-state index contributed by atoms with van der Waals surface area (Å²) in [5, 5.41) is 8.13. The minimum Gasteiger partial charge on any atom is -0.357 e. The number of hydrogen-bond donors (Lipinski definition) is 3. The summed E-state index contributed by atoms with van der Waals surface area (Å²) < 4.78 is 39.3. The number of hydrogen-bond acceptors (Lipinski definition) is 3. The van der Waals surface area contributed by atoms with E-state index in [4.69, 9.17) is 0 Å². The summed E-state index contributed by atoms with van der Waals surface area (Å²) >= 11 is 1.66.